The van der Waals surface area contributed by atoms with E-state index in [1.165, 1.54) is 11.0 Å². The number of hydrogen-bond donors (Lipinski definition) is 0. The van der Waals surface area contributed by atoms with Crippen molar-refractivity contribution in [2.75, 3.05) is 7.05 Å². The topological polar surface area (TPSA) is 76.6 Å². The maximum Gasteiger partial charge on any atom is 0.273 e. The highest BCUT2D eigenvalue weighted by molar-refractivity contribution is 5.79. The Balaban J connectivity index is 1.63. The van der Waals surface area contributed by atoms with Crippen LogP contribution in [0.3, 0.4) is 0 Å². The van der Waals surface area contributed by atoms with E-state index in [-0.39, 0.29) is 18.0 Å². The van der Waals surface area contributed by atoms with Gasteiger partial charge in [0.25, 0.3) is 5.69 Å². The van der Waals surface area contributed by atoms with E-state index in [2.05, 4.69) is 6.92 Å². The Bertz CT molecular complexity index is 768. The Labute approximate surface area is 140 Å². The van der Waals surface area contributed by atoms with Crippen LogP contribution in [0.25, 0.3) is 0 Å². The number of nitrogens with zero attached hydrogens (tertiary/aromatic N) is 2. The highest BCUT2D eigenvalue weighted by Crippen LogP contribution is 2.47. The molecule has 0 bridgehead atoms. The fourth-order valence-electron chi connectivity index (χ4n) is 2.86. The predicted molar refractivity (Wildman–Crippen MR) is 88.5 cm³/mol. The van der Waals surface area contributed by atoms with Gasteiger partial charge in [-0.2, -0.15) is 0 Å². The zero-order valence-corrected chi connectivity index (χ0v) is 13.8. The summed E-state index contributed by atoms with van der Waals surface area (Å²) in [4.78, 5) is 24.5. The summed E-state index contributed by atoms with van der Waals surface area (Å²) in [5.41, 5.74) is 0.397. The fraction of sp³-hybridized carbons (Fsp3) is 0.389. The standard InChI is InChI=1S/C18H20N2O4/c1-12-9-15(12)17-8-7-14(24-17)11-19(2)18(21)10-13-5-3-4-6-16(13)20(22)23/h3-8,12,15H,9-11H2,1-2H3. The third-order valence-electron chi connectivity index (χ3n) is 4.51. The summed E-state index contributed by atoms with van der Waals surface area (Å²) in [7, 11) is 1.68. The first-order valence-corrected chi connectivity index (χ1v) is 8.00. The number of hydrogen-bond acceptors (Lipinski definition) is 4. The van der Waals surface area contributed by atoms with Gasteiger partial charge in [-0.25, -0.2) is 0 Å². The summed E-state index contributed by atoms with van der Waals surface area (Å²) in [6.45, 7) is 2.55. The van der Waals surface area contributed by atoms with E-state index in [0.717, 1.165) is 17.9 Å². The third kappa shape index (κ3) is 3.48. The molecule has 0 aliphatic heterocycles. The lowest BCUT2D eigenvalue weighted by Gasteiger charge is -2.15. The largest absolute Gasteiger partial charge is 0.464 e. The summed E-state index contributed by atoms with van der Waals surface area (Å²) in [6.07, 6.45) is 1.15. The lowest BCUT2D eigenvalue weighted by atomic mass is 10.1. The first-order chi connectivity index (χ1) is 11.5. The average molecular weight is 328 g/mol. The van der Waals surface area contributed by atoms with Crippen LogP contribution >= 0.6 is 0 Å². The average Bonchev–Trinajstić information content (AvgIpc) is 3.09. The van der Waals surface area contributed by atoms with Crippen molar-refractivity contribution in [3.8, 4) is 0 Å². The molecule has 0 spiro atoms. The van der Waals surface area contributed by atoms with Crippen LogP contribution in [0.4, 0.5) is 5.69 Å². The minimum absolute atomic E-state index is 0.000871. The number of nitro groups is 1. The molecule has 3 rings (SSSR count). The summed E-state index contributed by atoms with van der Waals surface area (Å²) in [5, 5.41) is 11.0. The van der Waals surface area contributed by atoms with Gasteiger partial charge < -0.3 is 9.32 Å². The first-order valence-electron chi connectivity index (χ1n) is 8.00. The van der Waals surface area contributed by atoms with Crippen LogP contribution in [-0.2, 0) is 17.8 Å². The second-order valence-corrected chi connectivity index (χ2v) is 6.44. The Morgan fingerprint density at radius 2 is 2.04 bits per heavy atom. The maximum atomic E-state index is 12.4. The summed E-state index contributed by atoms with van der Waals surface area (Å²) < 4.78 is 5.81. The molecule has 2 aromatic rings. The van der Waals surface area contributed by atoms with Gasteiger partial charge >= 0.3 is 0 Å². The molecule has 1 fully saturated rings. The number of carbonyl (C=O) groups is 1. The van der Waals surface area contributed by atoms with Crippen molar-refractivity contribution < 1.29 is 14.1 Å². The number of rotatable bonds is 6. The number of carbonyl (C=O) groups excluding carboxylic acids is 1. The highest BCUT2D eigenvalue weighted by atomic mass is 16.6. The van der Waals surface area contributed by atoms with Gasteiger partial charge in [-0.1, -0.05) is 25.1 Å². The van der Waals surface area contributed by atoms with Crippen LogP contribution in [0.5, 0.6) is 0 Å². The molecule has 0 saturated heterocycles. The van der Waals surface area contributed by atoms with Crippen molar-refractivity contribution >= 4 is 11.6 Å². The van der Waals surface area contributed by atoms with E-state index < -0.39 is 4.92 Å². The molecule has 1 aromatic carbocycles. The third-order valence-corrected chi connectivity index (χ3v) is 4.51. The minimum atomic E-state index is -0.460. The number of furan rings is 1. The van der Waals surface area contributed by atoms with Crippen molar-refractivity contribution in [2.45, 2.75) is 32.2 Å². The van der Waals surface area contributed by atoms with E-state index in [1.54, 1.807) is 25.2 Å². The van der Waals surface area contributed by atoms with Crippen molar-refractivity contribution in [3.63, 3.8) is 0 Å². The van der Waals surface area contributed by atoms with Gasteiger partial charge in [0.05, 0.1) is 17.9 Å². The van der Waals surface area contributed by atoms with Crippen LogP contribution in [0, 0.1) is 16.0 Å². The number of likely N-dealkylation sites (N-methyl/N-ethyl adjacent to an activating group) is 1. The maximum absolute atomic E-state index is 12.4. The molecule has 1 heterocycles. The van der Waals surface area contributed by atoms with Gasteiger partial charge in [0.1, 0.15) is 11.5 Å². The van der Waals surface area contributed by atoms with Gasteiger partial charge in [0, 0.05) is 24.6 Å². The Hall–Kier alpha value is -2.63. The lowest BCUT2D eigenvalue weighted by molar-refractivity contribution is -0.385. The quantitative estimate of drug-likeness (QED) is 0.600. The molecular weight excluding hydrogens is 308 g/mol. The van der Waals surface area contributed by atoms with Gasteiger partial charge in [0.2, 0.25) is 5.91 Å². The lowest BCUT2D eigenvalue weighted by Crippen LogP contribution is -2.27. The fourth-order valence-corrected chi connectivity index (χ4v) is 2.86. The van der Waals surface area contributed by atoms with Crippen LogP contribution in [0.1, 0.15) is 36.3 Å². The van der Waals surface area contributed by atoms with Gasteiger partial charge in [0.15, 0.2) is 0 Å². The van der Waals surface area contributed by atoms with Gasteiger partial charge in [-0.15, -0.1) is 0 Å². The molecule has 0 N–H and O–H groups in total. The molecule has 1 amide bonds. The molecule has 1 saturated carbocycles. The van der Waals surface area contributed by atoms with Crippen molar-refractivity contribution in [2.24, 2.45) is 5.92 Å². The van der Waals surface area contributed by atoms with Gasteiger partial charge in [-0.05, 0) is 24.5 Å². The first kappa shape index (κ1) is 16.2. The van der Waals surface area contributed by atoms with Crippen LogP contribution in [0.2, 0.25) is 0 Å². The van der Waals surface area contributed by atoms with Crippen LogP contribution < -0.4 is 0 Å². The second kappa shape index (κ2) is 6.47. The normalized spacial score (nSPS) is 19.1. The summed E-state index contributed by atoms with van der Waals surface area (Å²) in [5.74, 6) is 2.72. The monoisotopic (exact) mass is 328 g/mol. The molecule has 1 aromatic heterocycles. The van der Waals surface area contributed by atoms with E-state index in [4.69, 9.17) is 4.42 Å². The van der Waals surface area contributed by atoms with E-state index in [9.17, 15) is 14.9 Å². The molecule has 1 aliphatic carbocycles. The van der Waals surface area contributed by atoms with E-state index in [1.807, 2.05) is 12.1 Å². The molecule has 24 heavy (non-hydrogen) atoms. The molecule has 1 aliphatic rings. The molecule has 6 nitrogen and oxygen atoms in total. The minimum Gasteiger partial charge on any atom is -0.464 e. The van der Waals surface area contributed by atoms with Crippen LogP contribution in [0.15, 0.2) is 40.8 Å². The van der Waals surface area contributed by atoms with Gasteiger partial charge in [-0.3, -0.25) is 14.9 Å². The molecule has 6 heteroatoms. The number of benzene rings is 1. The molecular formula is C18H20N2O4. The molecule has 2 atom stereocenters. The van der Waals surface area contributed by atoms with E-state index >= 15 is 0 Å². The Kier molecular flexibility index (Phi) is 4.38. The number of nitro benzene ring substituents is 1. The zero-order chi connectivity index (χ0) is 17.3. The molecule has 126 valence electrons. The second-order valence-electron chi connectivity index (χ2n) is 6.44. The summed E-state index contributed by atoms with van der Waals surface area (Å²) >= 11 is 0. The molecule has 0 radical (unpaired) electrons. The number of para-hydroxylation sites is 1. The predicted octanol–water partition coefficient (Wildman–Crippen LogP) is 3.51. The van der Waals surface area contributed by atoms with Crippen molar-refractivity contribution in [1.29, 1.82) is 0 Å². The summed E-state index contributed by atoms with van der Waals surface area (Å²) in [6, 6.07) is 10.2. The smallest absolute Gasteiger partial charge is 0.273 e. The Morgan fingerprint density at radius 1 is 1.33 bits per heavy atom. The molecule has 2 unspecified atom stereocenters. The number of amides is 1. The van der Waals surface area contributed by atoms with Crippen molar-refractivity contribution in [1.82, 2.24) is 4.90 Å². The SMILES string of the molecule is CC1CC1c1ccc(CN(C)C(=O)Cc2ccccc2[N+](=O)[O-])o1. The van der Waals surface area contributed by atoms with Crippen LogP contribution in [-0.4, -0.2) is 22.8 Å². The van der Waals surface area contributed by atoms with E-state index in [0.29, 0.717) is 23.9 Å². The van der Waals surface area contributed by atoms with Crippen molar-refractivity contribution in [3.05, 3.63) is 63.6 Å². The Morgan fingerprint density at radius 3 is 2.71 bits per heavy atom. The highest BCUT2D eigenvalue weighted by Gasteiger charge is 2.36. The zero-order valence-electron chi connectivity index (χ0n) is 13.8.